The molecule has 0 heterocycles. The first-order valence-electron chi connectivity index (χ1n) is 11.3. The summed E-state index contributed by atoms with van der Waals surface area (Å²) in [5.74, 6) is -0.197. The van der Waals surface area contributed by atoms with Crippen molar-refractivity contribution in [3.63, 3.8) is 0 Å². The molecule has 0 spiro atoms. The summed E-state index contributed by atoms with van der Waals surface area (Å²) in [5.41, 5.74) is 1.68. The van der Waals surface area contributed by atoms with Crippen LogP contribution in [0.15, 0.2) is 72.8 Å². The second-order valence-electron chi connectivity index (χ2n) is 7.99. The van der Waals surface area contributed by atoms with E-state index in [1.807, 2.05) is 37.3 Å². The number of carbonyl (C=O) groups excluding carboxylic acids is 2. The molecule has 2 amide bonds. The maximum Gasteiger partial charge on any atom is 0.261 e. The zero-order valence-electron chi connectivity index (χ0n) is 19.3. The van der Waals surface area contributed by atoms with Crippen LogP contribution in [-0.2, 0) is 22.6 Å². The summed E-state index contributed by atoms with van der Waals surface area (Å²) in [6, 6.07) is 20.9. The largest absolute Gasteiger partial charge is 0.482 e. The van der Waals surface area contributed by atoms with Gasteiger partial charge < -0.3 is 15.0 Å². The number of nitrogens with zero attached hydrogens (tertiary/aromatic N) is 1. The lowest BCUT2D eigenvalue weighted by Gasteiger charge is -2.31. The Kier molecular flexibility index (Phi) is 10.3. The summed E-state index contributed by atoms with van der Waals surface area (Å²) < 4.78 is 5.72. The van der Waals surface area contributed by atoms with Crippen molar-refractivity contribution in [2.24, 2.45) is 0 Å². The molecule has 3 aromatic rings. The third-order valence-electron chi connectivity index (χ3n) is 5.35. The van der Waals surface area contributed by atoms with E-state index in [0.717, 1.165) is 17.5 Å². The number of hydrogen-bond donors (Lipinski definition) is 1. The number of amides is 2. The van der Waals surface area contributed by atoms with Gasteiger partial charge in [-0.3, -0.25) is 9.59 Å². The first kappa shape index (κ1) is 26.9. The third-order valence-corrected chi connectivity index (χ3v) is 6.40. The minimum Gasteiger partial charge on any atom is -0.482 e. The molecular weight excluding hydrogens is 507 g/mol. The minimum atomic E-state index is -0.763. The van der Waals surface area contributed by atoms with Gasteiger partial charge in [0, 0.05) is 19.5 Å². The summed E-state index contributed by atoms with van der Waals surface area (Å²) in [7, 11) is 0. The van der Waals surface area contributed by atoms with E-state index in [9.17, 15) is 9.59 Å². The molecule has 0 aliphatic carbocycles. The molecule has 0 radical (unpaired) electrons. The monoisotopic (exact) mass is 532 g/mol. The Hall–Kier alpha value is -2.73. The number of benzene rings is 3. The van der Waals surface area contributed by atoms with Crippen molar-refractivity contribution in [1.82, 2.24) is 10.2 Å². The lowest BCUT2D eigenvalue weighted by atomic mass is 10.0. The van der Waals surface area contributed by atoms with E-state index in [-0.39, 0.29) is 25.0 Å². The second-order valence-corrected chi connectivity index (χ2v) is 9.21. The Bertz CT molecular complexity index is 1140. The molecule has 0 aromatic heterocycles. The number of nitrogens with one attached hydrogen (secondary N) is 1. The van der Waals surface area contributed by atoms with Gasteiger partial charge in [-0.25, -0.2) is 0 Å². The van der Waals surface area contributed by atoms with Gasteiger partial charge in [-0.15, -0.1) is 0 Å². The predicted octanol–water partition coefficient (Wildman–Crippen LogP) is 6.19. The molecule has 35 heavy (non-hydrogen) atoms. The van der Waals surface area contributed by atoms with Gasteiger partial charge in [-0.05, 0) is 41.8 Å². The quantitative estimate of drug-likeness (QED) is 0.320. The van der Waals surface area contributed by atoms with Crippen LogP contribution in [0.25, 0.3) is 0 Å². The van der Waals surface area contributed by atoms with Crippen LogP contribution in [-0.4, -0.2) is 35.9 Å². The Labute approximate surface area is 220 Å². The fraction of sp³-hybridized carbons (Fsp3) is 0.259. The third kappa shape index (κ3) is 7.89. The van der Waals surface area contributed by atoms with Crippen molar-refractivity contribution in [2.45, 2.75) is 32.4 Å². The molecule has 0 aliphatic rings. The van der Waals surface area contributed by atoms with Gasteiger partial charge in [0.05, 0.1) is 15.1 Å². The molecule has 5 nitrogen and oxygen atoms in total. The number of para-hydroxylation sites is 1. The highest BCUT2D eigenvalue weighted by Crippen LogP contribution is 2.25. The molecule has 3 aromatic carbocycles. The molecule has 1 N–H and O–H groups in total. The van der Waals surface area contributed by atoms with Crippen LogP contribution >= 0.6 is 34.8 Å². The Morgan fingerprint density at radius 1 is 0.886 bits per heavy atom. The van der Waals surface area contributed by atoms with Crippen LogP contribution in [0.5, 0.6) is 5.75 Å². The Morgan fingerprint density at radius 3 is 2.29 bits per heavy atom. The van der Waals surface area contributed by atoms with Crippen LogP contribution in [0.1, 0.15) is 24.5 Å². The van der Waals surface area contributed by atoms with E-state index in [0.29, 0.717) is 33.8 Å². The number of halogens is 3. The van der Waals surface area contributed by atoms with Crippen molar-refractivity contribution in [1.29, 1.82) is 0 Å². The molecule has 0 saturated carbocycles. The predicted molar refractivity (Wildman–Crippen MR) is 141 cm³/mol. The molecule has 0 fully saturated rings. The zero-order chi connectivity index (χ0) is 25.2. The Morgan fingerprint density at radius 2 is 1.60 bits per heavy atom. The second kappa shape index (κ2) is 13.4. The average molecular weight is 534 g/mol. The van der Waals surface area contributed by atoms with Crippen LogP contribution in [0, 0.1) is 0 Å². The highest BCUT2D eigenvalue weighted by Gasteiger charge is 2.30. The summed E-state index contributed by atoms with van der Waals surface area (Å²) >= 11 is 18.5. The number of rotatable bonds is 11. The topological polar surface area (TPSA) is 58.6 Å². The van der Waals surface area contributed by atoms with Gasteiger partial charge in [-0.1, -0.05) is 90.3 Å². The van der Waals surface area contributed by atoms with Crippen LogP contribution in [0.2, 0.25) is 15.1 Å². The molecule has 0 bridgehead atoms. The number of ether oxygens (including phenoxy) is 1. The van der Waals surface area contributed by atoms with Gasteiger partial charge in [0.15, 0.2) is 6.61 Å². The van der Waals surface area contributed by atoms with E-state index >= 15 is 0 Å². The summed E-state index contributed by atoms with van der Waals surface area (Å²) in [5, 5.41) is 4.12. The first-order valence-corrected chi connectivity index (χ1v) is 12.4. The van der Waals surface area contributed by atoms with Gasteiger partial charge in [0.25, 0.3) is 5.91 Å². The number of carbonyl (C=O) groups is 2. The smallest absolute Gasteiger partial charge is 0.261 e. The van der Waals surface area contributed by atoms with Crippen LogP contribution in [0.4, 0.5) is 0 Å². The normalized spacial score (nSPS) is 11.5. The van der Waals surface area contributed by atoms with Crippen molar-refractivity contribution >= 4 is 46.6 Å². The van der Waals surface area contributed by atoms with Gasteiger partial charge in [0.1, 0.15) is 11.8 Å². The standard InChI is InChI=1S/C27H27Cl3N2O3/c1-2-14-31-27(34)24(16-19-8-4-3-5-9-19)32(17-20-12-13-21(28)23(30)15-20)26(33)18-35-25-11-7-6-10-22(25)29/h3-13,15,24H,2,14,16-18H2,1H3,(H,31,34)/t24-/m0/s1. The summed E-state index contributed by atoms with van der Waals surface area (Å²) in [6.45, 7) is 2.35. The van der Waals surface area contributed by atoms with E-state index in [1.165, 1.54) is 4.90 Å². The highest BCUT2D eigenvalue weighted by atomic mass is 35.5. The fourth-order valence-electron chi connectivity index (χ4n) is 3.54. The van der Waals surface area contributed by atoms with Crippen LogP contribution in [0.3, 0.4) is 0 Å². The minimum absolute atomic E-state index is 0.151. The molecule has 1 atom stereocenters. The fourth-order valence-corrected chi connectivity index (χ4v) is 4.05. The van der Waals surface area contributed by atoms with E-state index < -0.39 is 6.04 Å². The van der Waals surface area contributed by atoms with Gasteiger partial charge in [0.2, 0.25) is 5.91 Å². The lowest BCUT2D eigenvalue weighted by molar-refractivity contribution is -0.142. The van der Waals surface area contributed by atoms with Gasteiger partial charge >= 0.3 is 0 Å². The molecule has 0 saturated heterocycles. The molecule has 8 heteroatoms. The van der Waals surface area contributed by atoms with E-state index in [1.54, 1.807) is 42.5 Å². The van der Waals surface area contributed by atoms with Crippen LogP contribution < -0.4 is 10.1 Å². The number of hydrogen-bond acceptors (Lipinski definition) is 3. The van der Waals surface area contributed by atoms with Crippen molar-refractivity contribution < 1.29 is 14.3 Å². The first-order chi connectivity index (χ1) is 16.9. The van der Waals surface area contributed by atoms with E-state index in [2.05, 4.69) is 5.32 Å². The maximum absolute atomic E-state index is 13.5. The Balaban J connectivity index is 1.92. The summed E-state index contributed by atoms with van der Waals surface area (Å²) in [6.07, 6.45) is 1.12. The lowest BCUT2D eigenvalue weighted by Crippen LogP contribution is -2.51. The average Bonchev–Trinajstić information content (AvgIpc) is 2.86. The molecule has 184 valence electrons. The highest BCUT2D eigenvalue weighted by molar-refractivity contribution is 6.42. The van der Waals surface area contributed by atoms with Gasteiger partial charge in [-0.2, -0.15) is 0 Å². The maximum atomic E-state index is 13.5. The zero-order valence-corrected chi connectivity index (χ0v) is 21.6. The van der Waals surface area contributed by atoms with Crippen molar-refractivity contribution in [3.05, 3.63) is 99.0 Å². The summed E-state index contributed by atoms with van der Waals surface area (Å²) in [4.78, 5) is 28.3. The van der Waals surface area contributed by atoms with Crippen molar-refractivity contribution in [3.8, 4) is 5.75 Å². The molecule has 0 unspecified atom stereocenters. The molecule has 0 aliphatic heterocycles. The molecular formula is C27H27Cl3N2O3. The van der Waals surface area contributed by atoms with E-state index in [4.69, 9.17) is 39.5 Å². The SMILES string of the molecule is CCCNC(=O)[C@H](Cc1ccccc1)N(Cc1ccc(Cl)c(Cl)c1)C(=O)COc1ccccc1Cl. The van der Waals surface area contributed by atoms with Crippen molar-refractivity contribution in [2.75, 3.05) is 13.2 Å². The molecule has 3 rings (SSSR count).